The minimum Gasteiger partial charge on any atom is -0.468 e. The van der Waals surface area contributed by atoms with Crippen LogP contribution in [0.5, 0.6) is 6.01 Å². The second-order valence-electron chi connectivity index (χ2n) is 7.68. The molecule has 0 bridgehead atoms. The number of nitrogens with two attached hydrogens (primary N) is 1. The molecule has 168 valence electrons. The summed E-state index contributed by atoms with van der Waals surface area (Å²) in [6.07, 6.45) is 1.70. The summed E-state index contributed by atoms with van der Waals surface area (Å²) >= 11 is 0. The van der Waals surface area contributed by atoms with Crippen LogP contribution in [0.15, 0.2) is 42.5 Å². The number of aromatic nitrogens is 4. The Hall–Kier alpha value is -4.21. The average molecular weight is 447 g/mol. The molecule has 4 N–H and O–H groups in total. The minimum absolute atomic E-state index is 0.235. The maximum absolute atomic E-state index is 13.6. The zero-order valence-corrected chi connectivity index (χ0v) is 17.9. The molecule has 0 saturated heterocycles. The second-order valence-corrected chi connectivity index (χ2v) is 7.68. The number of hydrogen-bond acceptors (Lipinski definition) is 7. The van der Waals surface area contributed by atoms with Crippen molar-refractivity contribution in [3.8, 4) is 12.0 Å². The van der Waals surface area contributed by atoms with Crippen LogP contribution in [0, 0.1) is 5.82 Å². The number of fused-ring (bicyclic) bond motifs is 2. The number of benzene rings is 2. The highest BCUT2D eigenvalue weighted by atomic mass is 19.1. The van der Waals surface area contributed by atoms with Gasteiger partial charge >= 0.3 is 6.01 Å². The van der Waals surface area contributed by atoms with E-state index in [1.54, 1.807) is 28.8 Å². The highest BCUT2D eigenvalue weighted by molar-refractivity contribution is 6.04. The van der Waals surface area contributed by atoms with Gasteiger partial charge in [0.1, 0.15) is 11.3 Å². The summed E-state index contributed by atoms with van der Waals surface area (Å²) < 4.78 is 20.8. The predicted octanol–water partition coefficient (Wildman–Crippen LogP) is 3.03. The monoisotopic (exact) mass is 447 g/mol. The van der Waals surface area contributed by atoms with Crippen LogP contribution in [0.25, 0.3) is 17.0 Å². The number of nitrogens with zero attached hydrogens (tertiary/aromatic N) is 4. The largest absolute Gasteiger partial charge is 0.468 e. The van der Waals surface area contributed by atoms with Gasteiger partial charge in [-0.15, -0.1) is 0 Å². The van der Waals surface area contributed by atoms with Crippen LogP contribution in [-0.2, 0) is 13.0 Å². The van der Waals surface area contributed by atoms with Crippen LogP contribution < -0.4 is 21.1 Å². The predicted molar refractivity (Wildman–Crippen MR) is 122 cm³/mol. The van der Waals surface area contributed by atoms with Crippen molar-refractivity contribution in [1.29, 1.82) is 0 Å². The summed E-state index contributed by atoms with van der Waals surface area (Å²) in [4.78, 5) is 25.9. The quantitative estimate of drug-likeness (QED) is 0.416. The van der Waals surface area contributed by atoms with Gasteiger partial charge in [-0.25, -0.2) is 13.9 Å². The van der Waals surface area contributed by atoms with Gasteiger partial charge in [-0.05, 0) is 42.7 Å². The number of amides is 1. The van der Waals surface area contributed by atoms with E-state index in [9.17, 15) is 9.18 Å². The van der Waals surface area contributed by atoms with Gasteiger partial charge in [0.25, 0.3) is 5.91 Å². The molecule has 4 aromatic rings. The van der Waals surface area contributed by atoms with Crippen LogP contribution >= 0.6 is 0 Å². The lowest BCUT2D eigenvalue weighted by Crippen LogP contribution is -2.19. The summed E-state index contributed by atoms with van der Waals surface area (Å²) in [5.74, 6) is 0.0627. The molecule has 3 heterocycles. The first-order valence-corrected chi connectivity index (χ1v) is 10.5. The lowest BCUT2D eigenvalue weighted by molar-refractivity contribution is 0.100. The summed E-state index contributed by atoms with van der Waals surface area (Å²) in [6, 6.07) is 11.8. The van der Waals surface area contributed by atoms with Crippen LogP contribution in [0.1, 0.15) is 28.0 Å². The van der Waals surface area contributed by atoms with Gasteiger partial charge < -0.3 is 21.1 Å². The molecule has 1 aliphatic heterocycles. The van der Waals surface area contributed by atoms with Gasteiger partial charge in [0.05, 0.1) is 29.6 Å². The fourth-order valence-electron chi connectivity index (χ4n) is 4.00. The molecule has 0 radical (unpaired) electrons. The molecule has 1 aliphatic rings. The summed E-state index contributed by atoms with van der Waals surface area (Å²) in [5, 5.41) is 6.67. The number of methoxy groups -OCH3 is 1. The number of ether oxygens (including phenoxy) is 1. The van der Waals surface area contributed by atoms with Crippen molar-refractivity contribution in [2.75, 3.05) is 24.3 Å². The van der Waals surface area contributed by atoms with E-state index in [1.807, 2.05) is 6.07 Å². The first-order chi connectivity index (χ1) is 16.0. The van der Waals surface area contributed by atoms with Crippen LogP contribution in [-0.4, -0.2) is 39.1 Å². The molecule has 0 atom stereocenters. The van der Waals surface area contributed by atoms with Crippen molar-refractivity contribution in [2.24, 2.45) is 5.73 Å². The lowest BCUT2D eigenvalue weighted by Gasteiger charge is -2.22. The van der Waals surface area contributed by atoms with E-state index < -0.39 is 5.91 Å². The van der Waals surface area contributed by atoms with Crippen molar-refractivity contribution in [2.45, 2.75) is 19.4 Å². The van der Waals surface area contributed by atoms with Gasteiger partial charge in [-0.3, -0.25) is 4.79 Å². The maximum Gasteiger partial charge on any atom is 0.304 e. The highest BCUT2D eigenvalue weighted by Crippen LogP contribution is 2.32. The Morgan fingerprint density at radius 3 is 2.88 bits per heavy atom. The Labute approximate surface area is 188 Å². The third-order valence-electron chi connectivity index (χ3n) is 5.52. The second kappa shape index (κ2) is 8.38. The van der Waals surface area contributed by atoms with Gasteiger partial charge in [-0.1, -0.05) is 18.2 Å². The topological polar surface area (TPSA) is 120 Å². The number of aryl methyl sites for hydroxylation is 1. The normalized spacial score (nSPS) is 12.8. The molecule has 0 spiro atoms. The Morgan fingerprint density at radius 1 is 1.24 bits per heavy atom. The number of carbonyl (C=O) groups excluding carboxylic acids is 1. The third kappa shape index (κ3) is 3.79. The van der Waals surface area contributed by atoms with Crippen LogP contribution in [0.4, 0.5) is 15.9 Å². The van der Waals surface area contributed by atoms with Gasteiger partial charge in [0.2, 0.25) is 5.95 Å². The number of carbonyl (C=O) groups is 1. The number of primary amides is 1. The molecule has 1 amide bonds. The highest BCUT2D eigenvalue weighted by Gasteiger charge is 2.23. The first-order valence-electron chi connectivity index (χ1n) is 10.5. The molecule has 0 saturated carbocycles. The van der Waals surface area contributed by atoms with Crippen LogP contribution in [0.2, 0.25) is 0 Å². The molecule has 0 unspecified atom stereocenters. The fourth-order valence-corrected chi connectivity index (χ4v) is 4.00. The molecular formula is C23H22FN7O2. The molecule has 0 fully saturated rings. The van der Waals surface area contributed by atoms with Crippen molar-refractivity contribution in [3.63, 3.8) is 0 Å². The zero-order valence-electron chi connectivity index (χ0n) is 17.9. The van der Waals surface area contributed by atoms with Crippen molar-refractivity contribution in [3.05, 3.63) is 65.1 Å². The third-order valence-corrected chi connectivity index (χ3v) is 5.52. The molecule has 2 aromatic heterocycles. The molecule has 5 rings (SSSR count). The number of nitrogens with one attached hydrogen (secondary N) is 2. The summed E-state index contributed by atoms with van der Waals surface area (Å²) in [5.41, 5.74) is 9.29. The zero-order chi connectivity index (χ0) is 22.9. The molecule has 10 heteroatoms. The van der Waals surface area contributed by atoms with Gasteiger partial charge in [-0.2, -0.15) is 9.97 Å². The molecular weight excluding hydrogens is 425 g/mol. The minimum atomic E-state index is -0.582. The number of anilines is 2. The van der Waals surface area contributed by atoms with Crippen molar-refractivity contribution >= 4 is 28.4 Å². The number of imidazole rings is 1. The van der Waals surface area contributed by atoms with Crippen molar-refractivity contribution < 1.29 is 13.9 Å². The van der Waals surface area contributed by atoms with E-state index >= 15 is 0 Å². The van der Waals surface area contributed by atoms with E-state index in [1.165, 1.54) is 19.2 Å². The van der Waals surface area contributed by atoms with E-state index in [2.05, 4.69) is 15.6 Å². The van der Waals surface area contributed by atoms with E-state index in [4.69, 9.17) is 20.4 Å². The van der Waals surface area contributed by atoms with Crippen LogP contribution in [0.3, 0.4) is 0 Å². The Morgan fingerprint density at radius 2 is 2.09 bits per heavy atom. The van der Waals surface area contributed by atoms with Crippen molar-refractivity contribution in [1.82, 2.24) is 19.5 Å². The standard InChI is InChI=1S/C23H22FN7O2/c1-33-23-29-18-15(20(25)32)7-3-9-17(18)31(23)22-28-16-8-4-10-26-19(16)21(30-22)27-12-13-5-2-6-14(24)11-13/h2-3,5-7,9,11,26H,4,8,10,12H2,1H3,(H2,25,32)(H,27,28,30). The lowest BCUT2D eigenvalue weighted by atomic mass is 10.1. The number of para-hydroxylation sites is 1. The fraction of sp³-hybridized carbons (Fsp3) is 0.217. The Kier molecular flexibility index (Phi) is 5.25. The molecule has 33 heavy (non-hydrogen) atoms. The summed E-state index contributed by atoms with van der Waals surface area (Å²) in [6.45, 7) is 1.19. The van der Waals surface area contributed by atoms with E-state index in [0.29, 0.717) is 29.3 Å². The Bertz CT molecular complexity index is 1370. The Balaban J connectivity index is 1.63. The number of halogens is 1. The molecule has 0 aliphatic carbocycles. The molecule has 2 aromatic carbocycles. The van der Waals surface area contributed by atoms with E-state index in [0.717, 1.165) is 36.3 Å². The first kappa shape index (κ1) is 20.7. The van der Waals surface area contributed by atoms with Gasteiger partial charge in [0.15, 0.2) is 5.82 Å². The summed E-state index contributed by atoms with van der Waals surface area (Å²) in [7, 11) is 1.49. The number of rotatable bonds is 6. The average Bonchev–Trinajstić information content (AvgIpc) is 3.21. The smallest absolute Gasteiger partial charge is 0.304 e. The number of hydrogen-bond donors (Lipinski definition) is 3. The maximum atomic E-state index is 13.6. The molecule has 9 nitrogen and oxygen atoms in total. The van der Waals surface area contributed by atoms with E-state index in [-0.39, 0.29) is 17.4 Å². The SMILES string of the molecule is COc1nc2c(C(N)=O)cccc2n1-c1nc2c(c(NCc3cccc(F)c3)n1)NCCC2. The van der Waals surface area contributed by atoms with Gasteiger partial charge in [0, 0.05) is 13.1 Å².